The molecule has 0 aliphatic carbocycles. The first-order valence-corrected chi connectivity index (χ1v) is 1.77. The molecule has 0 aromatic heterocycles. The van der Waals surface area contributed by atoms with Crippen molar-refractivity contribution in [1.29, 1.82) is 0 Å². The smallest absolute Gasteiger partial charge is 0.332 e. The summed E-state index contributed by atoms with van der Waals surface area (Å²) in [7, 11) is 1.30. The van der Waals surface area contributed by atoms with Crippen molar-refractivity contribution in [2.24, 2.45) is 0 Å². The van der Waals surface area contributed by atoms with Crippen LogP contribution in [0.5, 0.6) is 0 Å². The van der Waals surface area contributed by atoms with Crippen molar-refractivity contribution >= 4 is 5.97 Å². The number of methoxy groups -OCH3 is 1. The standard InChI is InChI=1S/C4H7O3/c1-3(7-2)4(5)6/h3H,1H2,2H3,(H,5,6). The molecule has 0 saturated carbocycles. The summed E-state index contributed by atoms with van der Waals surface area (Å²) in [5, 5.41) is 7.99. The van der Waals surface area contributed by atoms with Crippen LogP contribution in [0.4, 0.5) is 0 Å². The molecule has 0 aromatic rings. The summed E-state index contributed by atoms with van der Waals surface area (Å²) >= 11 is 0. The summed E-state index contributed by atoms with van der Waals surface area (Å²) in [5.41, 5.74) is 0. The lowest BCUT2D eigenvalue weighted by Gasteiger charge is -1.98. The molecular weight excluding hydrogens is 96.0 g/mol. The minimum atomic E-state index is -1.04. The maximum atomic E-state index is 9.74. The molecule has 0 spiro atoms. The predicted molar refractivity (Wildman–Crippen MR) is 23.8 cm³/mol. The van der Waals surface area contributed by atoms with Crippen LogP contribution in [0.3, 0.4) is 0 Å². The molecule has 0 saturated heterocycles. The zero-order valence-corrected chi connectivity index (χ0v) is 4.05. The van der Waals surface area contributed by atoms with Gasteiger partial charge < -0.3 is 9.84 Å². The van der Waals surface area contributed by atoms with E-state index in [4.69, 9.17) is 5.11 Å². The number of carbonyl (C=O) groups is 1. The molecule has 0 bridgehead atoms. The van der Waals surface area contributed by atoms with Gasteiger partial charge in [0.15, 0.2) is 6.10 Å². The van der Waals surface area contributed by atoms with E-state index in [0.717, 1.165) is 0 Å². The molecule has 3 heteroatoms. The van der Waals surface area contributed by atoms with Crippen molar-refractivity contribution < 1.29 is 14.6 Å². The maximum Gasteiger partial charge on any atom is 0.332 e. The molecule has 0 amide bonds. The number of carboxylic acids is 1. The summed E-state index contributed by atoms with van der Waals surface area (Å²) in [6.07, 6.45) is -0.931. The van der Waals surface area contributed by atoms with Crippen LogP contribution in [0.15, 0.2) is 0 Å². The van der Waals surface area contributed by atoms with Crippen LogP contribution in [0.25, 0.3) is 0 Å². The first-order valence-electron chi connectivity index (χ1n) is 1.77. The molecule has 0 rings (SSSR count). The van der Waals surface area contributed by atoms with E-state index < -0.39 is 12.1 Å². The second kappa shape index (κ2) is 2.58. The first-order chi connectivity index (χ1) is 3.18. The fraction of sp³-hybridized carbons (Fsp3) is 0.500. The highest BCUT2D eigenvalue weighted by Gasteiger charge is 2.06. The van der Waals surface area contributed by atoms with Crippen molar-refractivity contribution in [1.82, 2.24) is 0 Å². The first kappa shape index (κ1) is 6.43. The van der Waals surface area contributed by atoms with Crippen LogP contribution >= 0.6 is 0 Å². The normalized spacial score (nSPS) is 13.4. The average molecular weight is 103 g/mol. The van der Waals surface area contributed by atoms with Gasteiger partial charge in [-0.05, 0) is 6.92 Å². The van der Waals surface area contributed by atoms with Gasteiger partial charge in [0, 0.05) is 7.11 Å². The number of hydrogen-bond donors (Lipinski definition) is 1. The van der Waals surface area contributed by atoms with Gasteiger partial charge in [-0.25, -0.2) is 4.79 Å². The number of carboxylic acid groups (broad SMARTS) is 1. The van der Waals surface area contributed by atoms with Crippen molar-refractivity contribution in [3.05, 3.63) is 6.92 Å². The van der Waals surface area contributed by atoms with E-state index in [9.17, 15) is 4.79 Å². The molecule has 41 valence electrons. The Labute approximate surface area is 41.9 Å². The molecule has 1 unspecified atom stereocenters. The molecule has 0 heterocycles. The largest absolute Gasteiger partial charge is 0.479 e. The summed E-state index contributed by atoms with van der Waals surface area (Å²) in [6.45, 7) is 3.13. The zero-order valence-electron chi connectivity index (χ0n) is 4.05. The molecule has 1 atom stereocenters. The van der Waals surface area contributed by atoms with Crippen LogP contribution in [-0.4, -0.2) is 24.3 Å². The third-order valence-electron chi connectivity index (χ3n) is 0.560. The van der Waals surface area contributed by atoms with E-state index in [2.05, 4.69) is 11.7 Å². The van der Waals surface area contributed by atoms with E-state index >= 15 is 0 Å². The fourth-order valence-electron chi connectivity index (χ4n) is 0.101. The van der Waals surface area contributed by atoms with E-state index in [1.165, 1.54) is 7.11 Å². The number of aliphatic carboxylic acids is 1. The third-order valence-corrected chi connectivity index (χ3v) is 0.560. The van der Waals surface area contributed by atoms with Gasteiger partial charge in [-0.2, -0.15) is 0 Å². The van der Waals surface area contributed by atoms with Crippen LogP contribution in [-0.2, 0) is 9.53 Å². The van der Waals surface area contributed by atoms with Crippen molar-refractivity contribution in [3.8, 4) is 0 Å². The Morgan fingerprint density at radius 3 is 2.43 bits per heavy atom. The SMILES string of the molecule is [CH2]C(OC)C(=O)O. The van der Waals surface area contributed by atoms with Gasteiger partial charge in [0.05, 0.1) is 0 Å². The van der Waals surface area contributed by atoms with E-state index in [-0.39, 0.29) is 0 Å². The Bertz CT molecular complexity index is 69.3. The quantitative estimate of drug-likeness (QED) is 0.531. The molecule has 0 fully saturated rings. The monoisotopic (exact) mass is 103 g/mol. The molecular formula is C4H7O3. The van der Waals surface area contributed by atoms with Gasteiger partial charge in [0.25, 0.3) is 0 Å². The second-order valence-electron chi connectivity index (χ2n) is 1.06. The number of rotatable bonds is 2. The van der Waals surface area contributed by atoms with Gasteiger partial charge >= 0.3 is 5.97 Å². The van der Waals surface area contributed by atoms with E-state index in [0.29, 0.717) is 0 Å². The van der Waals surface area contributed by atoms with Gasteiger partial charge in [0.2, 0.25) is 0 Å². The Hall–Kier alpha value is -0.570. The van der Waals surface area contributed by atoms with Gasteiger partial charge in [-0.3, -0.25) is 0 Å². The maximum absolute atomic E-state index is 9.74. The molecule has 0 aromatic carbocycles. The fourth-order valence-corrected chi connectivity index (χ4v) is 0.101. The highest BCUT2D eigenvalue weighted by atomic mass is 16.5. The Morgan fingerprint density at radius 1 is 2.00 bits per heavy atom. The molecule has 1 N–H and O–H groups in total. The number of hydrogen-bond acceptors (Lipinski definition) is 2. The van der Waals surface area contributed by atoms with Crippen molar-refractivity contribution in [3.63, 3.8) is 0 Å². The van der Waals surface area contributed by atoms with Crippen LogP contribution in [0.2, 0.25) is 0 Å². The Kier molecular flexibility index (Phi) is 2.37. The molecule has 0 aliphatic rings. The third kappa shape index (κ3) is 2.17. The van der Waals surface area contributed by atoms with Crippen molar-refractivity contribution in [2.75, 3.05) is 7.11 Å². The Morgan fingerprint density at radius 2 is 2.43 bits per heavy atom. The lowest BCUT2D eigenvalue weighted by Crippen LogP contribution is -2.17. The van der Waals surface area contributed by atoms with Crippen LogP contribution in [0.1, 0.15) is 0 Å². The van der Waals surface area contributed by atoms with E-state index in [1.807, 2.05) is 0 Å². The minimum absolute atomic E-state index is 0.931. The topological polar surface area (TPSA) is 46.5 Å². The molecule has 7 heavy (non-hydrogen) atoms. The van der Waals surface area contributed by atoms with Gasteiger partial charge in [-0.15, -0.1) is 0 Å². The zero-order chi connectivity index (χ0) is 5.86. The summed E-state index contributed by atoms with van der Waals surface area (Å²) in [6, 6.07) is 0. The Balaban J connectivity index is 3.34. The lowest BCUT2D eigenvalue weighted by atomic mass is 10.4. The van der Waals surface area contributed by atoms with Crippen LogP contribution < -0.4 is 0 Å². The molecule has 0 aliphatic heterocycles. The molecule has 3 nitrogen and oxygen atoms in total. The van der Waals surface area contributed by atoms with E-state index in [1.54, 1.807) is 0 Å². The van der Waals surface area contributed by atoms with Crippen molar-refractivity contribution in [2.45, 2.75) is 6.10 Å². The minimum Gasteiger partial charge on any atom is -0.479 e. The average Bonchev–Trinajstić information content (AvgIpc) is 1.65. The summed E-state index contributed by atoms with van der Waals surface area (Å²) < 4.78 is 4.30. The second-order valence-corrected chi connectivity index (χ2v) is 1.06. The summed E-state index contributed by atoms with van der Waals surface area (Å²) in [4.78, 5) is 9.74. The number of ether oxygens (including phenoxy) is 1. The van der Waals surface area contributed by atoms with Crippen LogP contribution in [0, 0.1) is 6.92 Å². The highest BCUT2D eigenvalue weighted by Crippen LogP contribution is 1.82. The lowest BCUT2D eigenvalue weighted by molar-refractivity contribution is -0.145. The molecule has 1 radical (unpaired) electrons. The summed E-state index contributed by atoms with van der Waals surface area (Å²) in [5.74, 6) is -1.04. The highest BCUT2D eigenvalue weighted by molar-refractivity contribution is 5.72. The van der Waals surface area contributed by atoms with Gasteiger partial charge in [0.1, 0.15) is 0 Å². The predicted octanol–water partition coefficient (Wildman–Crippen LogP) is -0.0799. The van der Waals surface area contributed by atoms with Gasteiger partial charge in [-0.1, -0.05) is 0 Å².